The summed E-state index contributed by atoms with van der Waals surface area (Å²) in [6, 6.07) is 8.65. The normalized spacial score (nSPS) is 15.0. The van der Waals surface area contributed by atoms with E-state index in [0.29, 0.717) is 10.2 Å². The van der Waals surface area contributed by atoms with Crippen molar-refractivity contribution < 1.29 is 18.4 Å². The summed E-state index contributed by atoms with van der Waals surface area (Å²) in [5.41, 5.74) is -0.178. The summed E-state index contributed by atoms with van der Waals surface area (Å²) in [6.45, 7) is 0. The van der Waals surface area contributed by atoms with Gasteiger partial charge in [-0.15, -0.1) is 4.40 Å². The first-order chi connectivity index (χ1) is 11.3. The number of nitrogens with zero attached hydrogens (tertiary/aromatic N) is 2. The van der Waals surface area contributed by atoms with Crippen LogP contribution in [0.3, 0.4) is 0 Å². The molecule has 11 heteroatoms. The minimum Gasteiger partial charge on any atom is -0.505 e. The van der Waals surface area contributed by atoms with Crippen LogP contribution in [-0.4, -0.2) is 24.4 Å². The van der Waals surface area contributed by atoms with Crippen LogP contribution in [0.1, 0.15) is 0 Å². The summed E-state index contributed by atoms with van der Waals surface area (Å²) in [6.07, 6.45) is 0. The molecule has 0 saturated heterocycles. The van der Waals surface area contributed by atoms with Gasteiger partial charge in [0.25, 0.3) is 15.7 Å². The molecule has 0 aliphatic carbocycles. The third-order valence-corrected chi connectivity index (χ3v) is 5.13. The number of phenolic OH excluding ortho intramolecular Hbond substituents is 1. The van der Waals surface area contributed by atoms with Crippen LogP contribution in [0.2, 0.25) is 0 Å². The Kier molecular flexibility index (Phi) is 3.89. The number of hydrogen-bond donors (Lipinski definition) is 3. The van der Waals surface area contributed by atoms with Crippen LogP contribution < -0.4 is 10.6 Å². The standard InChI is InChI=1S/C13H9BrN4O5S/c14-8-3-1-2-4-9(8)15-13-16-12-10(19)5-7(18(20)21)6-11(12)24(22,23)17-13/h1-6,19H,(H2,15,16,17). The van der Waals surface area contributed by atoms with Gasteiger partial charge in [-0.1, -0.05) is 12.1 Å². The Morgan fingerprint density at radius 2 is 2.00 bits per heavy atom. The topological polar surface area (TPSA) is 134 Å². The lowest BCUT2D eigenvalue weighted by atomic mass is 10.2. The van der Waals surface area contributed by atoms with Gasteiger partial charge in [0.1, 0.15) is 16.3 Å². The highest BCUT2D eigenvalue weighted by Crippen LogP contribution is 2.38. The number of phenols is 1. The zero-order valence-corrected chi connectivity index (χ0v) is 14.1. The van der Waals surface area contributed by atoms with Crippen LogP contribution in [-0.2, 0) is 10.0 Å². The highest BCUT2D eigenvalue weighted by Gasteiger charge is 2.30. The van der Waals surface area contributed by atoms with Crippen molar-refractivity contribution in [3.05, 3.63) is 51.0 Å². The van der Waals surface area contributed by atoms with Gasteiger partial charge in [-0.05, 0) is 28.1 Å². The van der Waals surface area contributed by atoms with Gasteiger partial charge >= 0.3 is 0 Å². The number of non-ortho nitro benzene ring substituents is 1. The predicted octanol–water partition coefficient (Wildman–Crippen LogP) is 2.65. The molecular weight excluding hydrogens is 404 g/mol. The molecule has 0 bridgehead atoms. The maximum atomic E-state index is 12.3. The second-order valence-electron chi connectivity index (χ2n) is 4.74. The number of hydrogen-bond acceptors (Lipinski definition) is 7. The van der Waals surface area contributed by atoms with Crippen molar-refractivity contribution in [2.45, 2.75) is 4.90 Å². The monoisotopic (exact) mass is 412 g/mol. The molecule has 1 heterocycles. The first-order valence-electron chi connectivity index (χ1n) is 6.43. The molecule has 0 unspecified atom stereocenters. The lowest BCUT2D eigenvalue weighted by Gasteiger charge is -2.20. The van der Waals surface area contributed by atoms with Crippen molar-refractivity contribution in [2.24, 2.45) is 4.40 Å². The molecule has 3 rings (SSSR count). The van der Waals surface area contributed by atoms with E-state index in [0.717, 1.165) is 12.1 Å². The molecule has 0 aromatic heterocycles. The van der Waals surface area contributed by atoms with Crippen LogP contribution in [0.5, 0.6) is 5.75 Å². The number of rotatable bonds is 2. The summed E-state index contributed by atoms with van der Waals surface area (Å²) in [4.78, 5) is 9.56. The summed E-state index contributed by atoms with van der Waals surface area (Å²) >= 11 is 3.30. The number of sulfonamides is 1. The van der Waals surface area contributed by atoms with Gasteiger partial charge in [-0.25, -0.2) is 0 Å². The van der Waals surface area contributed by atoms with Crippen molar-refractivity contribution in [3.8, 4) is 5.75 Å². The van der Waals surface area contributed by atoms with Gasteiger partial charge in [0.2, 0.25) is 5.96 Å². The second kappa shape index (κ2) is 5.76. The lowest BCUT2D eigenvalue weighted by molar-refractivity contribution is -0.385. The number of nitro benzene ring substituents is 1. The average molecular weight is 413 g/mol. The molecule has 0 radical (unpaired) electrons. The summed E-state index contributed by atoms with van der Waals surface area (Å²) in [7, 11) is -4.22. The molecule has 0 atom stereocenters. The number of aromatic hydroxyl groups is 1. The minimum absolute atomic E-state index is 0.140. The highest BCUT2D eigenvalue weighted by molar-refractivity contribution is 9.10. The van der Waals surface area contributed by atoms with Gasteiger partial charge in [-0.3, -0.25) is 10.1 Å². The Morgan fingerprint density at radius 1 is 1.29 bits per heavy atom. The number of guanidine groups is 1. The van der Waals surface area contributed by atoms with Crippen molar-refractivity contribution >= 4 is 49.0 Å². The highest BCUT2D eigenvalue weighted by atomic mass is 79.9. The Morgan fingerprint density at radius 3 is 2.67 bits per heavy atom. The third-order valence-electron chi connectivity index (χ3n) is 3.14. The van der Waals surface area contributed by atoms with E-state index in [9.17, 15) is 23.6 Å². The van der Waals surface area contributed by atoms with E-state index in [1.807, 2.05) is 0 Å². The number of fused-ring (bicyclic) bond motifs is 1. The third kappa shape index (κ3) is 2.90. The van der Waals surface area contributed by atoms with Crippen LogP contribution in [0.4, 0.5) is 17.1 Å². The maximum absolute atomic E-state index is 12.3. The summed E-state index contributed by atoms with van der Waals surface area (Å²) in [5.74, 6) is -0.706. The molecule has 0 amide bonds. The first-order valence-corrected chi connectivity index (χ1v) is 8.66. The molecule has 1 aliphatic rings. The molecule has 0 fully saturated rings. The molecular formula is C13H9BrN4O5S. The first kappa shape index (κ1) is 16.2. The van der Waals surface area contributed by atoms with Crippen LogP contribution in [0.15, 0.2) is 50.2 Å². The van der Waals surface area contributed by atoms with Crippen molar-refractivity contribution in [1.82, 2.24) is 0 Å². The van der Waals surface area contributed by atoms with E-state index in [4.69, 9.17) is 0 Å². The largest absolute Gasteiger partial charge is 0.505 e. The Hall–Kier alpha value is -2.66. The fourth-order valence-electron chi connectivity index (χ4n) is 2.08. The fourth-order valence-corrected chi connectivity index (χ4v) is 3.57. The molecule has 2 aromatic carbocycles. The van der Waals surface area contributed by atoms with Crippen LogP contribution >= 0.6 is 15.9 Å². The smallest absolute Gasteiger partial charge is 0.288 e. The lowest BCUT2D eigenvalue weighted by Crippen LogP contribution is -2.28. The number of anilines is 2. The number of benzene rings is 2. The maximum Gasteiger partial charge on any atom is 0.288 e. The Bertz CT molecular complexity index is 990. The number of nitrogens with one attached hydrogen (secondary N) is 2. The number of nitro groups is 1. The zero-order valence-electron chi connectivity index (χ0n) is 11.7. The predicted molar refractivity (Wildman–Crippen MR) is 90.8 cm³/mol. The average Bonchev–Trinajstić information content (AvgIpc) is 2.49. The SMILES string of the molecule is O=[N+]([O-])c1cc(O)c2c(c1)S(=O)(=O)N=C(Nc1ccccc1Br)N2. The van der Waals surface area contributed by atoms with E-state index < -0.39 is 31.3 Å². The molecule has 9 nitrogen and oxygen atoms in total. The quantitative estimate of drug-likeness (QED) is 0.392. The molecule has 24 heavy (non-hydrogen) atoms. The van der Waals surface area contributed by atoms with Crippen LogP contribution in [0, 0.1) is 10.1 Å². The van der Waals surface area contributed by atoms with E-state index in [-0.39, 0.29) is 11.6 Å². The van der Waals surface area contributed by atoms with Gasteiger partial charge in [0, 0.05) is 10.5 Å². The fraction of sp³-hybridized carbons (Fsp3) is 0. The zero-order chi connectivity index (χ0) is 17.5. The van der Waals surface area contributed by atoms with Gasteiger partial charge in [0.05, 0.1) is 16.7 Å². The minimum atomic E-state index is -4.22. The van der Waals surface area contributed by atoms with Gasteiger partial charge < -0.3 is 15.7 Å². The summed E-state index contributed by atoms with van der Waals surface area (Å²) < 4.78 is 28.8. The second-order valence-corrected chi connectivity index (χ2v) is 7.17. The molecule has 124 valence electrons. The molecule has 0 spiro atoms. The number of para-hydroxylation sites is 1. The number of halogens is 1. The van der Waals surface area contributed by atoms with Crippen molar-refractivity contribution in [1.29, 1.82) is 0 Å². The van der Waals surface area contributed by atoms with E-state index in [1.54, 1.807) is 24.3 Å². The molecule has 2 aromatic rings. The van der Waals surface area contributed by atoms with Crippen LogP contribution in [0.25, 0.3) is 0 Å². The summed E-state index contributed by atoms with van der Waals surface area (Å²) in [5, 5.41) is 26.2. The molecule has 3 N–H and O–H groups in total. The molecule has 0 saturated carbocycles. The van der Waals surface area contributed by atoms with Crippen molar-refractivity contribution in [2.75, 3.05) is 10.6 Å². The van der Waals surface area contributed by atoms with Gasteiger partial charge in [-0.2, -0.15) is 8.42 Å². The van der Waals surface area contributed by atoms with E-state index in [2.05, 4.69) is 31.0 Å². The Balaban J connectivity index is 2.05. The van der Waals surface area contributed by atoms with E-state index in [1.165, 1.54) is 0 Å². The van der Waals surface area contributed by atoms with Gasteiger partial charge in [0.15, 0.2) is 0 Å². The molecule has 1 aliphatic heterocycles. The van der Waals surface area contributed by atoms with E-state index >= 15 is 0 Å². The Labute approximate surface area is 144 Å². The van der Waals surface area contributed by atoms with Crippen molar-refractivity contribution in [3.63, 3.8) is 0 Å².